The number of nitrogens with zero attached hydrogens (tertiary/aromatic N) is 1. The lowest BCUT2D eigenvalue weighted by molar-refractivity contribution is 0.0673. The van der Waals surface area contributed by atoms with Crippen molar-refractivity contribution in [1.29, 1.82) is 0 Å². The van der Waals surface area contributed by atoms with Gasteiger partial charge < -0.3 is 9.47 Å². The van der Waals surface area contributed by atoms with E-state index in [1.54, 1.807) is 18.2 Å². The second-order valence-corrected chi connectivity index (χ2v) is 6.98. The lowest BCUT2D eigenvalue weighted by Crippen LogP contribution is -2.37. The number of carbonyl (C=O) groups is 1. The smallest absolute Gasteiger partial charge is 0.232 e. The summed E-state index contributed by atoms with van der Waals surface area (Å²) in [4.78, 5) is 15.0. The SMILES string of the molecule is Cc1cc2c(c3c1C(=O)/C(=C/c1cccc(F)c1)O3)CN(C(C)C)CO2. The molecule has 0 N–H and O–H groups in total. The Morgan fingerprint density at radius 2 is 2.08 bits per heavy atom. The van der Waals surface area contributed by atoms with Gasteiger partial charge in [-0.15, -0.1) is 0 Å². The molecule has 2 aromatic rings. The molecule has 4 rings (SSSR count). The van der Waals surface area contributed by atoms with E-state index in [0.29, 0.717) is 36.2 Å². The molecule has 2 aliphatic heterocycles. The van der Waals surface area contributed by atoms with E-state index in [4.69, 9.17) is 9.47 Å². The van der Waals surface area contributed by atoms with Gasteiger partial charge in [-0.25, -0.2) is 4.39 Å². The molecule has 5 heteroatoms. The summed E-state index contributed by atoms with van der Waals surface area (Å²) < 4.78 is 25.3. The van der Waals surface area contributed by atoms with Crippen LogP contribution in [0.2, 0.25) is 0 Å². The molecule has 2 aromatic carbocycles. The molecule has 0 amide bonds. The first-order chi connectivity index (χ1) is 12.4. The van der Waals surface area contributed by atoms with Gasteiger partial charge in [0, 0.05) is 12.6 Å². The third-order valence-corrected chi connectivity index (χ3v) is 4.83. The highest BCUT2D eigenvalue weighted by molar-refractivity contribution is 6.15. The molecular weight excluding hydrogens is 333 g/mol. The summed E-state index contributed by atoms with van der Waals surface area (Å²) in [5, 5.41) is 0. The van der Waals surface area contributed by atoms with Crippen molar-refractivity contribution in [3.63, 3.8) is 0 Å². The number of allylic oxidation sites excluding steroid dienone is 1. The summed E-state index contributed by atoms with van der Waals surface area (Å²) in [6.07, 6.45) is 1.58. The number of carbonyl (C=O) groups excluding carboxylic acids is 1. The summed E-state index contributed by atoms with van der Waals surface area (Å²) in [5.41, 5.74) is 2.87. The van der Waals surface area contributed by atoms with Gasteiger partial charge in [-0.3, -0.25) is 9.69 Å². The van der Waals surface area contributed by atoms with E-state index in [1.165, 1.54) is 12.1 Å². The molecule has 26 heavy (non-hydrogen) atoms. The fraction of sp³-hybridized carbons (Fsp3) is 0.286. The van der Waals surface area contributed by atoms with Gasteiger partial charge in [0.15, 0.2) is 5.76 Å². The molecule has 0 radical (unpaired) electrons. The fourth-order valence-electron chi connectivity index (χ4n) is 3.33. The monoisotopic (exact) mass is 353 g/mol. The number of fused-ring (bicyclic) bond motifs is 3. The Hall–Kier alpha value is -2.66. The van der Waals surface area contributed by atoms with E-state index in [2.05, 4.69) is 18.7 Å². The average molecular weight is 353 g/mol. The first-order valence-electron chi connectivity index (χ1n) is 8.67. The number of benzene rings is 2. The zero-order valence-electron chi connectivity index (χ0n) is 15.0. The van der Waals surface area contributed by atoms with E-state index in [-0.39, 0.29) is 17.4 Å². The summed E-state index contributed by atoms with van der Waals surface area (Å²) in [6, 6.07) is 8.31. The Morgan fingerprint density at radius 1 is 1.27 bits per heavy atom. The predicted molar refractivity (Wildman–Crippen MR) is 96.7 cm³/mol. The number of rotatable bonds is 2. The third-order valence-electron chi connectivity index (χ3n) is 4.83. The molecule has 4 nitrogen and oxygen atoms in total. The maximum atomic E-state index is 13.4. The number of Topliss-reactive ketones (excluding diaryl/α,β-unsaturated/α-hetero) is 1. The van der Waals surface area contributed by atoms with Gasteiger partial charge in [0.25, 0.3) is 0 Å². The highest BCUT2D eigenvalue weighted by Crippen LogP contribution is 2.44. The van der Waals surface area contributed by atoms with E-state index < -0.39 is 0 Å². The fourth-order valence-corrected chi connectivity index (χ4v) is 3.33. The Kier molecular flexibility index (Phi) is 4.04. The Morgan fingerprint density at radius 3 is 2.81 bits per heavy atom. The van der Waals surface area contributed by atoms with Gasteiger partial charge >= 0.3 is 0 Å². The molecular formula is C21H20FNO3. The van der Waals surface area contributed by atoms with E-state index in [1.807, 2.05) is 13.0 Å². The molecule has 0 unspecified atom stereocenters. The first kappa shape index (κ1) is 16.8. The molecule has 0 bridgehead atoms. The summed E-state index contributed by atoms with van der Waals surface area (Å²) in [7, 11) is 0. The van der Waals surface area contributed by atoms with Gasteiger partial charge in [-0.05, 0) is 56.2 Å². The molecule has 2 heterocycles. The quantitative estimate of drug-likeness (QED) is 0.754. The standard InChI is InChI=1S/C21H20FNO3/c1-12(2)23-10-16-17(25-11-23)7-13(3)19-20(24)18(26-21(16)19)9-14-5-4-6-15(22)8-14/h4-9,12H,10-11H2,1-3H3/b18-9-. The Labute approximate surface area is 151 Å². The van der Waals surface area contributed by atoms with Crippen molar-refractivity contribution in [2.75, 3.05) is 6.73 Å². The number of hydrogen-bond acceptors (Lipinski definition) is 4. The van der Waals surface area contributed by atoms with Crippen LogP contribution in [0.4, 0.5) is 4.39 Å². The van der Waals surface area contributed by atoms with Crippen LogP contribution in [0.5, 0.6) is 11.5 Å². The van der Waals surface area contributed by atoms with Crippen LogP contribution in [0.25, 0.3) is 6.08 Å². The maximum Gasteiger partial charge on any atom is 0.232 e. The molecule has 134 valence electrons. The summed E-state index contributed by atoms with van der Waals surface area (Å²) in [6.45, 7) is 7.26. The highest BCUT2D eigenvalue weighted by Gasteiger charge is 2.35. The van der Waals surface area contributed by atoms with Gasteiger partial charge in [-0.2, -0.15) is 0 Å². The average Bonchev–Trinajstić information content (AvgIpc) is 2.92. The zero-order chi connectivity index (χ0) is 18.4. The Balaban J connectivity index is 1.76. The van der Waals surface area contributed by atoms with Crippen molar-refractivity contribution >= 4 is 11.9 Å². The number of hydrogen-bond donors (Lipinski definition) is 0. The minimum atomic E-state index is -0.350. The lowest BCUT2D eigenvalue weighted by Gasteiger charge is -2.32. The normalized spacial score (nSPS) is 17.9. The molecule has 0 spiro atoms. The van der Waals surface area contributed by atoms with Crippen molar-refractivity contribution in [1.82, 2.24) is 4.90 Å². The molecule has 0 atom stereocenters. The lowest BCUT2D eigenvalue weighted by atomic mass is 9.98. The van der Waals surface area contributed by atoms with Crippen LogP contribution >= 0.6 is 0 Å². The zero-order valence-corrected chi connectivity index (χ0v) is 15.0. The second kappa shape index (κ2) is 6.25. The molecule has 0 saturated heterocycles. The van der Waals surface area contributed by atoms with Crippen LogP contribution < -0.4 is 9.47 Å². The second-order valence-electron chi connectivity index (χ2n) is 6.98. The topological polar surface area (TPSA) is 38.8 Å². The third kappa shape index (κ3) is 2.78. The van der Waals surface area contributed by atoms with E-state index >= 15 is 0 Å². The van der Waals surface area contributed by atoms with Crippen LogP contribution in [-0.2, 0) is 6.54 Å². The first-order valence-corrected chi connectivity index (χ1v) is 8.67. The maximum absolute atomic E-state index is 13.4. The molecule has 2 aliphatic rings. The molecule has 0 fully saturated rings. The van der Waals surface area contributed by atoms with Crippen molar-refractivity contribution in [3.8, 4) is 11.5 Å². The van der Waals surface area contributed by atoms with E-state index in [9.17, 15) is 9.18 Å². The minimum absolute atomic E-state index is 0.175. The number of ketones is 1. The molecule has 0 saturated carbocycles. The number of ether oxygens (including phenoxy) is 2. The van der Waals surface area contributed by atoms with Crippen LogP contribution in [0.3, 0.4) is 0 Å². The van der Waals surface area contributed by atoms with Gasteiger partial charge in [-0.1, -0.05) is 12.1 Å². The van der Waals surface area contributed by atoms with Crippen molar-refractivity contribution < 1.29 is 18.7 Å². The van der Waals surface area contributed by atoms with Crippen molar-refractivity contribution in [2.45, 2.75) is 33.4 Å². The van der Waals surface area contributed by atoms with Crippen molar-refractivity contribution in [2.24, 2.45) is 0 Å². The predicted octanol–water partition coefficient (Wildman–Crippen LogP) is 4.31. The van der Waals surface area contributed by atoms with Crippen LogP contribution in [0.1, 0.15) is 40.9 Å². The van der Waals surface area contributed by atoms with Crippen LogP contribution in [0.15, 0.2) is 36.1 Å². The minimum Gasteiger partial charge on any atom is -0.478 e. The van der Waals surface area contributed by atoms with Crippen LogP contribution in [0, 0.1) is 12.7 Å². The van der Waals surface area contributed by atoms with Gasteiger partial charge in [0.1, 0.15) is 24.0 Å². The molecule has 0 aliphatic carbocycles. The Bertz CT molecular complexity index is 933. The van der Waals surface area contributed by atoms with Gasteiger partial charge in [0.2, 0.25) is 5.78 Å². The number of aryl methyl sites for hydroxylation is 1. The van der Waals surface area contributed by atoms with E-state index in [0.717, 1.165) is 16.9 Å². The molecule has 0 aromatic heterocycles. The summed E-state index contributed by atoms with van der Waals surface area (Å²) >= 11 is 0. The number of halogens is 1. The van der Waals surface area contributed by atoms with Crippen LogP contribution in [-0.4, -0.2) is 23.5 Å². The van der Waals surface area contributed by atoms with Crippen molar-refractivity contribution in [3.05, 3.63) is 64.2 Å². The summed E-state index contributed by atoms with van der Waals surface area (Å²) in [5.74, 6) is 1.02. The largest absolute Gasteiger partial charge is 0.478 e. The van der Waals surface area contributed by atoms with Gasteiger partial charge in [0.05, 0.1) is 11.1 Å². The highest BCUT2D eigenvalue weighted by atomic mass is 19.1.